The molecule has 0 atom stereocenters. The van der Waals surface area contributed by atoms with E-state index in [2.05, 4.69) is 9.84 Å². The summed E-state index contributed by atoms with van der Waals surface area (Å²) >= 11 is 0. The van der Waals surface area contributed by atoms with Crippen molar-refractivity contribution in [2.75, 3.05) is 0 Å². The first-order chi connectivity index (χ1) is 13.8. The van der Waals surface area contributed by atoms with Gasteiger partial charge < -0.3 is 14.6 Å². The first-order valence-electron chi connectivity index (χ1n) is 8.29. The van der Waals surface area contributed by atoms with Crippen LogP contribution in [-0.4, -0.2) is 18.6 Å². The molecule has 150 valence electrons. The third kappa shape index (κ3) is 5.44. The number of ether oxygens (including phenoxy) is 2. The highest BCUT2D eigenvalue weighted by atomic mass is 19.3. The first-order valence-corrected chi connectivity index (χ1v) is 8.29. The summed E-state index contributed by atoms with van der Waals surface area (Å²) in [6, 6.07) is 16.8. The van der Waals surface area contributed by atoms with Gasteiger partial charge in [-0.1, -0.05) is 35.0 Å². The fourth-order valence-electron chi connectivity index (χ4n) is 2.30. The maximum absolute atomic E-state index is 12.9. The lowest BCUT2D eigenvalue weighted by molar-refractivity contribution is -0.682. The molecule has 1 heterocycles. The second kappa shape index (κ2) is 8.59. The zero-order valence-corrected chi connectivity index (χ0v) is 14.7. The molecule has 0 amide bonds. The molecule has 0 radical (unpaired) electrons. The molecule has 0 spiro atoms. The van der Waals surface area contributed by atoms with Crippen molar-refractivity contribution < 1.29 is 36.8 Å². The summed E-state index contributed by atoms with van der Waals surface area (Å²) in [6.07, 6.45) is -6.14. The molecule has 0 aliphatic rings. The number of pyridine rings is 1. The Morgan fingerprint density at radius 3 is 1.90 bits per heavy atom. The molecule has 9 heteroatoms. The third-order valence-electron chi connectivity index (χ3n) is 3.65. The summed E-state index contributed by atoms with van der Waals surface area (Å²) in [5.74, 6) is -0.125. The van der Waals surface area contributed by atoms with Gasteiger partial charge in [-0.3, -0.25) is 0 Å². The lowest BCUT2D eigenvalue weighted by Gasteiger charge is -2.17. The summed E-state index contributed by atoms with van der Waals surface area (Å²) in [5, 5.41) is 15.5. The molecule has 0 aliphatic carbocycles. The number of halogens is 4. The molecule has 29 heavy (non-hydrogen) atoms. The van der Waals surface area contributed by atoms with Gasteiger partial charge in [0.15, 0.2) is 0 Å². The number of nitrogens with zero attached hydrogens (tertiary/aromatic N) is 2. The molecule has 0 saturated carbocycles. The van der Waals surface area contributed by atoms with Gasteiger partial charge in [0.1, 0.15) is 5.75 Å². The molecular formula is C20H14F4N2O3. The molecule has 0 unspecified atom stereocenters. The Morgan fingerprint density at radius 2 is 1.38 bits per heavy atom. The van der Waals surface area contributed by atoms with Gasteiger partial charge in [-0.25, -0.2) is 0 Å². The van der Waals surface area contributed by atoms with Gasteiger partial charge in [0, 0.05) is 23.0 Å². The van der Waals surface area contributed by atoms with E-state index in [0.29, 0.717) is 11.1 Å². The van der Waals surface area contributed by atoms with E-state index in [1.54, 1.807) is 42.7 Å². The average Bonchev–Trinajstić information content (AvgIpc) is 2.69. The number of aromatic nitrogens is 1. The van der Waals surface area contributed by atoms with Crippen LogP contribution in [0.2, 0.25) is 0 Å². The molecule has 0 aliphatic heterocycles. The lowest BCUT2D eigenvalue weighted by Crippen LogP contribution is -2.35. The molecular weight excluding hydrogens is 392 g/mol. The van der Waals surface area contributed by atoms with Crippen LogP contribution in [0, 0.1) is 0 Å². The highest BCUT2D eigenvalue weighted by Crippen LogP contribution is 2.29. The van der Waals surface area contributed by atoms with Gasteiger partial charge in [0.05, 0.1) is 0 Å². The Bertz CT molecular complexity index is 963. The highest BCUT2D eigenvalue weighted by Gasteiger charge is 2.43. The molecule has 2 aromatic carbocycles. The Morgan fingerprint density at radius 1 is 0.862 bits per heavy atom. The topological polar surface area (TPSA) is 57.8 Å². The molecule has 0 bridgehead atoms. The van der Waals surface area contributed by atoms with Crippen molar-refractivity contribution in [1.82, 2.24) is 0 Å². The van der Waals surface area contributed by atoms with Crippen molar-refractivity contribution in [3.8, 4) is 22.6 Å². The smallest absolute Gasteiger partial charge is 0.461 e. The Balaban J connectivity index is 1.66. The summed E-state index contributed by atoms with van der Waals surface area (Å²) in [6.45, 7) is 0. The number of benzene rings is 2. The monoisotopic (exact) mass is 406 g/mol. The summed E-state index contributed by atoms with van der Waals surface area (Å²) in [7, 11) is 0. The lowest BCUT2D eigenvalue weighted by atomic mass is 10.1. The van der Waals surface area contributed by atoms with E-state index >= 15 is 0 Å². The number of hydrogen-bond acceptors (Lipinski definition) is 4. The minimum absolute atomic E-state index is 0.260. The third-order valence-corrected chi connectivity index (χ3v) is 3.65. The van der Waals surface area contributed by atoms with E-state index in [4.69, 9.17) is 4.74 Å². The van der Waals surface area contributed by atoms with Gasteiger partial charge in [-0.2, -0.15) is 17.6 Å². The van der Waals surface area contributed by atoms with Gasteiger partial charge in [-0.15, -0.1) is 0 Å². The van der Waals surface area contributed by atoms with E-state index < -0.39 is 18.6 Å². The van der Waals surface area contributed by atoms with Crippen molar-refractivity contribution in [2.45, 2.75) is 12.5 Å². The minimum atomic E-state index is -4.56. The predicted molar refractivity (Wildman–Crippen MR) is 93.6 cm³/mol. The Kier molecular flexibility index (Phi) is 5.96. The van der Waals surface area contributed by atoms with Crippen LogP contribution in [-0.2, 0) is 0 Å². The van der Waals surface area contributed by atoms with Crippen molar-refractivity contribution in [2.24, 2.45) is 5.10 Å². The van der Waals surface area contributed by atoms with Crippen LogP contribution in [0.5, 0.6) is 11.5 Å². The van der Waals surface area contributed by atoms with Crippen LogP contribution in [0.3, 0.4) is 0 Å². The SMILES string of the molecule is [O-]/C(=N\[n+]1ccccc1)Oc1ccc(-c2ccc(OC(F)(F)C(F)F)cc2)cc1. The van der Waals surface area contributed by atoms with E-state index in [-0.39, 0.29) is 11.5 Å². The number of hydrogen-bond donors (Lipinski definition) is 0. The molecule has 0 N–H and O–H groups in total. The van der Waals surface area contributed by atoms with Crippen LogP contribution in [0.25, 0.3) is 11.1 Å². The van der Waals surface area contributed by atoms with Crippen LogP contribution in [0.4, 0.5) is 17.6 Å². The summed E-state index contributed by atoms with van der Waals surface area (Å²) in [4.78, 5) is 0. The van der Waals surface area contributed by atoms with Gasteiger partial charge in [0.2, 0.25) is 18.5 Å². The minimum Gasteiger partial charge on any atom is -0.562 e. The highest BCUT2D eigenvalue weighted by molar-refractivity contribution is 5.67. The largest absolute Gasteiger partial charge is 0.562 e. The Hall–Kier alpha value is -3.62. The number of alkyl halides is 4. The van der Waals surface area contributed by atoms with Crippen LogP contribution < -0.4 is 19.3 Å². The van der Waals surface area contributed by atoms with Crippen molar-refractivity contribution in [1.29, 1.82) is 0 Å². The fraction of sp³-hybridized carbons (Fsp3) is 0.100. The van der Waals surface area contributed by atoms with Crippen LogP contribution >= 0.6 is 0 Å². The zero-order chi connectivity index (χ0) is 20.9. The maximum atomic E-state index is 12.9. The van der Waals surface area contributed by atoms with E-state index in [0.717, 1.165) is 12.1 Å². The van der Waals surface area contributed by atoms with Crippen molar-refractivity contribution >= 4 is 6.08 Å². The van der Waals surface area contributed by atoms with Gasteiger partial charge in [0.25, 0.3) is 0 Å². The second-order valence-corrected chi connectivity index (χ2v) is 5.74. The van der Waals surface area contributed by atoms with Gasteiger partial charge in [-0.05, 0) is 35.4 Å². The van der Waals surface area contributed by atoms with Crippen LogP contribution in [0.1, 0.15) is 0 Å². The van der Waals surface area contributed by atoms with Crippen LogP contribution in [0.15, 0.2) is 84.2 Å². The molecule has 3 aromatic rings. The average molecular weight is 406 g/mol. The quantitative estimate of drug-likeness (QED) is 0.273. The normalized spacial score (nSPS) is 12.1. The zero-order valence-electron chi connectivity index (χ0n) is 14.7. The first kappa shape index (κ1) is 20.1. The predicted octanol–water partition coefficient (Wildman–Crippen LogP) is 3.44. The molecule has 3 rings (SSSR count). The number of rotatable bonds is 6. The van der Waals surface area contributed by atoms with E-state index in [9.17, 15) is 22.7 Å². The second-order valence-electron chi connectivity index (χ2n) is 5.74. The van der Waals surface area contributed by atoms with Gasteiger partial charge >= 0.3 is 12.5 Å². The standard InChI is InChI=1S/C20H14F4N2O3/c21-18(22)20(23,24)29-17-10-6-15(7-11-17)14-4-8-16(9-5-14)28-19(27)25-26-12-2-1-3-13-26/h1-13,18H. The van der Waals surface area contributed by atoms with Crippen molar-refractivity contribution in [3.05, 3.63) is 79.1 Å². The maximum Gasteiger partial charge on any atom is 0.461 e. The summed E-state index contributed by atoms with van der Waals surface area (Å²) < 4.78 is 60.6. The molecule has 1 aromatic heterocycles. The summed E-state index contributed by atoms with van der Waals surface area (Å²) in [5.41, 5.74) is 1.31. The molecule has 0 saturated heterocycles. The fourth-order valence-corrected chi connectivity index (χ4v) is 2.30. The molecule has 5 nitrogen and oxygen atoms in total. The van der Waals surface area contributed by atoms with E-state index in [1.807, 2.05) is 0 Å². The van der Waals surface area contributed by atoms with Crippen molar-refractivity contribution in [3.63, 3.8) is 0 Å². The van der Waals surface area contributed by atoms with E-state index in [1.165, 1.54) is 28.9 Å². The Labute approximate surface area is 163 Å². The molecule has 0 fully saturated rings.